The zero-order valence-electron chi connectivity index (χ0n) is 9.36. The van der Waals surface area contributed by atoms with Gasteiger partial charge in [-0.3, -0.25) is 9.48 Å². The standard InChI is InChI=1S/C10H17N3O2/c1-7-9(6-12-13(7)2)4-8(5-11)10(14)15-3/h6,8H,4-5,11H2,1-3H3. The average Bonchev–Trinajstić information content (AvgIpc) is 2.56. The monoisotopic (exact) mass is 211 g/mol. The lowest BCUT2D eigenvalue weighted by atomic mass is 10.0. The van der Waals surface area contributed by atoms with E-state index in [9.17, 15) is 4.79 Å². The molecule has 0 spiro atoms. The minimum atomic E-state index is -0.280. The number of methoxy groups -OCH3 is 1. The summed E-state index contributed by atoms with van der Waals surface area (Å²) in [6.45, 7) is 2.26. The average molecular weight is 211 g/mol. The number of aromatic nitrogens is 2. The van der Waals surface area contributed by atoms with E-state index < -0.39 is 0 Å². The van der Waals surface area contributed by atoms with Gasteiger partial charge in [0.1, 0.15) is 0 Å². The lowest BCUT2D eigenvalue weighted by molar-refractivity contribution is -0.145. The molecule has 0 aromatic carbocycles. The summed E-state index contributed by atoms with van der Waals surface area (Å²) in [4.78, 5) is 11.3. The summed E-state index contributed by atoms with van der Waals surface area (Å²) in [6, 6.07) is 0. The van der Waals surface area contributed by atoms with Crippen LogP contribution in [0.1, 0.15) is 11.3 Å². The molecular formula is C10H17N3O2. The fourth-order valence-electron chi connectivity index (χ4n) is 1.44. The van der Waals surface area contributed by atoms with Crippen LogP contribution in [0.2, 0.25) is 0 Å². The molecule has 0 fully saturated rings. The van der Waals surface area contributed by atoms with Crippen molar-refractivity contribution in [3.05, 3.63) is 17.5 Å². The second kappa shape index (κ2) is 4.93. The third-order valence-corrected chi connectivity index (χ3v) is 2.62. The molecule has 0 aliphatic rings. The normalized spacial score (nSPS) is 12.5. The van der Waals surface area contributed by atoms with Gasteiger partial charge in [0, 0.05) is 19.3 Å². The van der Waals surface area contributed by atoms with Crippen LogP contribution >= 0.6 is 0 Å². The van der Waals surface area contributed by atoms with Crippen molar-refractivity contribution in [1.82, 2.24) is 9.78 Å². The smallest absolute Gasteiger partial charge is 0.310 e. The van der Waals surface area contributed by atoms with Crippen molar-refractivity contribution in [3.63, 3.8) is 0 Å². The van der Waals surface area contributed by atoms with Crippen LogP contribution in [0.5, 0.6) is 0 Å². The Bertz CT molecular complexity index is 346. The summed E-state index contributed by atoms with van der Waals surface area (Å²) >= 11 is 0. The van der Waals surface area contributed by atoms with Gasteiger partial charge in [0.2, 0.25) is 0 Å². The Morgan fingerprint density at radius 1 is 1.73 bits per heavy atom. The van der Waals surface area contributed by atoms with Crippen molar-refractivity contribution >= 4 is 5.97 Å². The van der Waals surface area contributed by atoms with E-state index in [1.165, 1.54) is 7.11 Å². The van der Waals surface area contributed by atoms with E-state index in [4.69, 9.17) is 5.73 Å². The van der Waals surface area contributed by atoms with E-state index in [1.807, 2.05) is 14.0 Å². The molecule has 1 rings (SSSR count). The number of rotatable bonds is 4. The van der Waals surface area contributed by atoms with E-state index in [1.54, 1.807) is 10.9 Å². The van der Waals surface area contributed by atoms with Crippen molar-refractivity contribution < 1.29 is 9.53 Å². The molecule has 0 bridgehead atoms. The van der Waals surface area contributed by atoms with E-state index in [0.717, 1.165) is 11.3 Å². The molecule has 0 radical (unpaired) electrons. The molecule has 5 nitrogen and oxygen atoms in total. The Morgan fingerprint density at radius 3 is 2.80 bits per heavy atom. The number of ether oxygens (including phenoxy) is 1. The second-order valence-electron chi connectivity index (χ2n) is 3.54. The Balaban J connectivity index is 2.75. The molecule has 1 aromatic heterocycles. The molecule has 2 N–H and O–H groups in total. The molecule has 0 aliphatic carbocycles. The Kier molecular flexibility index (Phi) is 3.85. The van der Waals surface area contributed by atoms with E-state index in [0.29, 0.717) is 13.0 Å². The molecule has 0 amide bonds. The second-order valence-corrected chi connectivity index (χ2v) is 3.54. The number of nitrogens with zero attached hydrogens (tertiary/aromatic N) is 2. The van der Waals surface area contributed by atoms with Crippen LogP contribution in [0.3, 0.4) is 0 Å². The molecule has 0 aliphatic heterocycles. The SMILES string of the molecule is COC(=O)C(CN)Cc1cnn(C)c1C. The Labute approximate surface area is 89.2 Å². The van der Waals surface area contributed by atoms with Crippen molar-refractivity contribution in [2.24, 2.45) is 18.7 Å². The summed E-state index contributed by atoms with van der Waals surface area (Å²) in [5, 5.41) is 4.11. The largest absolute Gasteiger partial charge is 0.469 e. The third-order valence-electron chi connectivity index (χ3n) is 2.62. The van der Waals surface area contributed by atoms with Gasteiger partial charge in [-0.05, 0) is 18.9 Å². The van der Waals surface area contributed by atoms with Crippen molar-refractivity contribution in [2.75, 3.05) is 13.7 Å². The molecule has 15 heavy (non-hydrogen) atoms. The predicted molar refractivity (Wildman–Crippen MR) is 56.2 cm³/mol. The highest BCUT2D eigenvalue weighted by Gasteiger charge is 2.19. The molecule has 5 heteroatoms. The highest BCUT2D eigenvalue weighted by molar-refractivity contribution is 5.72. The number of carbonyl (C=O) groups is 1. The summed E-state index contributed by atoms with van der Waals surface area (Å²) in [5.74, 6) is -0.543. The first kappa shape index (κ1) is 11.7. The molecule has 0 saturated carbocycles. The number of nitrogens with two attached hydrogens (primary N) is 1. The minimum absolute atomic E-state index is 0.263. The number of carbonyl (C=O) groups excluding carboxylic acids is 1. The van der Waals surface area contributed by atoms with Gasteiger partial charge >= 0.3 is 5.97 Å². The fourth-order valence-corrected chi connectivity index (χ4v) is 1.44. The van der Waals surface area contributed by atoms with Crippen LogP contribution in [0.15, 0.2) is 6.20 Å². The molecule has 0 saturated heterocycles. The Hall–Kier alpha value is -1.36. The van der Waals surface area contributed by atoms with E-state index in [-0.39, 0.29) is 11.9 Å². The van der Waals surface area contributed by atoms with Gasteiger partial charge < -0.3 is 10.5 Å². The van der Waals surface area contributed by atoms with Gasteiger partial charge in [0.15, 0.2) is 0 Å². The van der Waals surface area contributed by atoms with Crippen molar-refractivity contribution in [1.29, 1.82) is 0 Å². The van der Waals surface area contributed by atoms with E-state index in [2.05, 4.69) is 9.84 Å². The van der Waals surface area contributed by atoms with Crippen LogP contribution in [0.4, 0.5) is 0 Å². The summed E-state index contributed by atoms with van der Waals surface area (Å²) in [5.41, 5.74) is 7.62. The predicted octanol–water partition coefficient (Wildman–Crippen LogP) is 0.0189. The first-order valence-electron chi connectivity index (χ1n) is 4.85. The maximum absolute atomic E-state index is 11.3. The van der Waals surface area contributed by atoms with Crippen LogP contribution in [-0.4, -0.2) is 29.4 Å². The van der Waals surface area contributed by atoms with Crippen LogP contribution < -0.4 is 5.73 Å². The van der Waals surface area contributed by atoms with E-state index >= 15 is 0 Å². The van der Waals surface area contributed by atoms with Crippen LogP contribution in [0, 0.1) is 12.8 Å². The maximum Gasteiger partial charge on any atom is 0.310 e. The first-order chi connectivity index (χ1) is 7.10. The molecule has 1 heterocycles. The highest BCUT2D eigenvalue weighted by atomic mass is 16.5. The third kappa shape index (κ3) is 2.56. The van der Waals surface area contributed by atoms with Crippen LogP contribution in [0.25, 0.3) is 0 Å². The van der Waals surface area contributed by atoms with Gasteiger partial charge in [-0.15, -0.1) is 0 Å². The van der Waals surface area contributed by atoms with Gasteiger partial charge in [0.05, 0.1) is 19.2 Å². The maximum atomic E-state index is 11.3. The van der Waals surface area contributed by atoms with Crippen molar-refractivity contribution in [3.8, 4) is 0 Å². The van der Waals surface area contributed by atoms with Gasteiger partial charge in [-0.1, -0.05) is 0 Å². The Morgan fingerprint density at radius 2 is 2.40 bits per heavy atom. The zero-order chi connectivity index (χ0) is 11.4. The minimum Gasteiger partial charge on any atom is -0.469 e. The number of hydrogen-bond donors (Lipinski definition) is 1. The zero-order valence-corrected chi connectivity index (χ0v) is 9.36. The molecule has 1 unspecified atom stereocenters. The molecule has 1 aromatic rings. The molecular weight excluding hydrogens is 194 g/mol. The van der Waals surface area contributed by atoms with Crippen LogP contribution in [-0.2, 0) is 23.0 Å². The number of esters is 1. The number of aryl methyl sites for hydroxylation is 1. The van der Waals surface area contributed by atoms with Gasteiger partial charge in [0.25, 0.3) is 0 Å². The summed E-state index contributed by atoms with van der Waals surface area (Å²) in [6.07, 6.45) is 2.35. The number of hydrogen-bond acceptors (Lipinski definition) is 4. The lowest BCUT2D eigenvalue weighted by Gasteiger charge is -2.11. The topological polar surface area (TPSA) is 70.1 Å². The molecule has 84 valence electrons. The van der Waals surface area contributed by atoms with Crippen molar-refractivity contribution in [2.45, 2.75) is 13.3 Å². The summed E-state index contributed by atoms with van der Waals surface area (Å²) in [7, 11) is 3.25. The quantitative estimate of drug-likeness (QED) is 0.713. The summed E-state index contributed by atoms with van der Waals surface area (Å²) < 4.78 is 6.45. The highest BCUT2D eigenvalue weighted by Crippen LogP contribution is 2.12. The first-order valence-corrected chi connectivity index (χ1v) is 4.85. The van der Waals surface area contributed by atoms with Gasteiger partial charge in [-0.2, -0.15) is 5.10 Å². The van der Waals surface area contributed by atoms with Gasteiger partial charge in [-0.25, -0.2) is 0 Å². The lowest BCUT2D eigenvalue weighted by Crippen LogP contribution is -2.27. The molecule has 1 atom stereocenters. The fraction of sp³-hybridized carbons (Fsp3) is 0.600.